The fourth-order valence-electron chi connectivity index (χ4n) is 2.05. The molecule has 0 spiro atoms. The van der Waals surface area contributed by atoms with Crippen LogP contribution in [0, 0.1) is 5.92 Å². The van der Waals surface area contributed by atoms with E-state index in [0.717, 1.165) is 0 Å². The second-order valence-corrected chi connectivity index (χ2v) is 3.66. The second-order valence-electron chi connectivity index (χ2n) is 3.66. The van der Waals surface area contributed by atoms with Gasteiger partial charge in [0.25, 0.3) is 0 Å². The van der Waals surface area contributed by atoms with Crippen LogP contribution in [0.5, 0.6) is 0 Å². The van der Waals surface area contributed by atoms with Crippen LogP contribution in [0.3, 0.4) is 0 Å². The van der Waals surface area contributed by atoms with E-state index in [-0.39, 0.29) is 0 Å². The van der Waals surface area contributed by atoms with Crippen molar-refractivity contribution in [3.8, 4) is 0 Å². The van der Waals surface area contributed by atoms with Gasteiger partial charge in [0.2, 0.25) is 0 Å². The lowest BCUT2D eigenvalue weighted by Gasteiger charge is -2.13. The largest absolute Gasteiger partial charge is 0.358 e. The first-order valence-electron chi connectivity index (χ1n) is 4.24. The molecule has 2 atom stereocenters. The number of rotatable bonds is 1. The third-order valence-corrected chi connectivity index (χ3v) is 2.56. The minimum atomic E-state index is 0.303. The van der Waals surface area contributed by atoms with Crippen LogP contribution in [0.15, 0.2) is 23.3 Å². The predicted molar refractivity (Wildman–Crippen MR) is 45.3 cm³/mol. The van der Waals surface area contributed by atoms with Gasteiger partial charge in [0.1, 0.15) is 0 Å². The third kappa shape index (κ3) is 0.875. The highest BCUT2D eigenvalue weighted by Gasteiger charge is 2.34. The molecule has 0 aromatic heterocycles. The van der Waals surface area contributed by atoms with Crippen molar-refractivity contribution in [1.29, 1.82) is 0 Å². The molecule has 2 rings (SSSR count). The molecular weight excluding hydrogens is 136 g/mol. The van der Waals surface area contributed by atoms with Crippen molar-refractivity contribution in [1.82, 2.24) is 0 Å². The monoisotopic (exact) mass is 150 g/mol. The summed E-state index contributed by atoms with van der Waals surface area (Å²) in [7, 11) is 0. The number of fused-ring (bicyclic) bond motifs is 2. The molecule has 2 bridgehead atoms. The maximum atomic E-state index is 5.67. The molecule has 0 saturated carbocycles. The van der Waals surface area contributed by atoms with Gasteiger partial charge in [0.15, 0.2) is 0 Å². The molecule has 0 N–H and O–H groups in total. The molecule has 0 amide bonds. The van der Waals surface area contributed by atoms with Crippen molar-refractivity contribution >= 4 is 0 Å². The van der Waals surface area contributed by atoms with Crippen LogP contribution in [0.4, 0.5) is 0 Å². The van der Waals surface area contributed by atoms with Gasteiger partial charge in [0.05, 0.1) is 12.2 Å². The SMILES string of the molecule is CC1=C(C(C)C)C2C=CC1O2. The predicted octanol–water partition coefficient (Wildman–Crippen LogP) is 2.30. The van der Waals surface area contributed by atoms with Gasteiger partial charge in [-0.25, -0.2) is 0 Å². The molecule has 0 fully saturated rings. The first-order chi connectivity index (χ1) is 5.20. The highest BCUT2D eigenvalue weighted by atomic mass is 16.5. The molecular formula is C10H14O. The Balaban J connectivity index is 2.33. The van der Waals surface area contributed by atoms with E-state index in [0.29, 0.717) is 18.1 Å². The molecule has 0 saturated heterocycles. The van der Waals surface area contributed by atoms with Crippen LogP contribution in [0.2, 0.25) is 0 Å². The molecule has 60 valence electrons. The van der Waals surface area contributed by atoms with Crippen molar-refractivity contribution in [3.05, 3.63) is 23.3 Å². The van der Waals surface area contributed by atoms with Gasteiger partial charge in [-0.15, -0.1) is 0 Å². The summed E-state index contributed by atoms with van der Waals surface area (Å²) in [6.45, 7) is 6.65. The highest BCUT2D eigenvalue weighted by Crippen LogP contribution is 2.37. The lowest BCUT2D eigenvalue weighted by molar-refractivity contribution is 0.124. The first kappa shape index (κ1) is 7.11. The van der Waals surface area contributed by atoms with Gasteiger partial charge in [-0.05, 0) is 24.0 Å². The lowest BCUT2D eigenvalue weighted by Crippen LogP contribution is -2.09. The minimum Gasteiger partial charge on any atom is -0.358 e. The third-order valence-electron chi connectivity index (χ3n) is 2.56. The maximum Gasteiger partial charge on any atom is 0.0986 e. The molecule has 2 unspecified atom stereocenters. The van der Waals surface area contributed by atoms with Crippen molar-refractivity contribution in [2.24, 2.45) is 5.92 Å². The fraction of sp³-hybridized carbons (Fsp3) is 0.600. The highest BCUT2D eigenvalue weighted by molar-refractivity contribution is 5.38. The van der Waals surface area contributed by atoms with E-state index < -0.39 is 0 Å². The molecule has 0 radical (unpaired) electrons. The Morgan fingerprint density at radius 3 is 2.27 bits per heavy atom. The van der Waals surface area contributed by atoms with Gasteiger partial charge in [-0.2, -0.15) is 0 Å². The first-order valence-corrected chi connectivity index (χ1v) is 4.24. The maximum absolute atomic E-state index is 5.67. The Morgan fingerprint density at radius 2 is 1.91 bits per heavy atom. The molecule has 11 heavy (non-hydrogen) atoms. The van der Waals surface area contributed by atoms with E-state index in [1.54, 1.807) is 0 Å². The molecule has 1 nitrogen and oxygen atoms in total. The van der Waals surface area contributed by atoms with Crippen molar-refractivity contribution < 1.29 is 4.74 Å². The summed E-state index contributed by atoms with van der Waals surface area (Å²) in [5, 5.41) is 0. The van der Waals surface area contributed by atoms with Gasteiger partial charge >= 0.3 is 0 Å². The summed E-state index contributed by atoms with van der Waals surface area (Å²) < 4.78 is 5.67. The van der Waals surface area contributed by atoms with Crippen LogP contribution in [0.25, 0.3) is 0 Å². The normalized spacial score (nSPS) is 34.5. The second kappa shape index (κ2) is 2.21. The molecule has 0 aromatic carbocycles. The average Bonchev–Trinajstić information content (AvgIpc) is 2.44. The van der Waals surface area contributed by atoms with Crippen LogP contribution in [-0.2, 0) is 4.74 Å². The molecule has 0 aromatic rings. The Kier molecular flexibility index (Phi) is 1.43. The average molecular weight is 150 g/mol. The summed E-state index contributed by atoms with van der Waals surface area (Å²) in [5.74, 6) is 0.634. The van der Waals surface area contributed by atoms with Gasteiger partial charge in [0, 0.05) is 0 Å². The summed E-state index contributed by atoms with van der Waals surface area (Å²) in [5.41, 5.74) is 2.94. The minimum absolute atomic E-state index is 0.303. The zero-order chi connectivity index (χ0) is 8.01. The Bertz CT molecular complexity index is 235. The van der Waals surface area contributed by atoms with E-state index in [2.05, 4.69) is 32.9 Å². The number of hydrogen-bond acceptors (Lipinski definition) is 1. The smallest absolute Gasteiger partial charge is 0.0986 e. The number of ether oxygens (including phenoxy) is 1. The molecule has 2 aliphatic heterocycles. The van der Waals surface area contributed by atoms with Gasteiger partial charge in [-0.1, -0.05) is 26.0 Å². The molecule has 2 aliphatic rings. The Labute approximate surface area is 67.7 Å². The lowest BCUT2D eigenvalue weighted by atomic mass is 9.90. The Morgan fingerprint density at radius 1 is 1.27 bits per heavy atom. The summed E-state index contributed by atoms with van der Waals surface area (Å²) >= 11 is 0. The molecule has 0 aliphatic carbocycles. The Hall–Kier alpha value is -0.560. The van der Waals surface area contributed by atoms with Crippen LogP contribution < -0.4 is 0 Å². The molecule has 2 heterocycles. The van der Waals surface area contributed by atoms with E-state index >= 15 is 0 Å². The summed E-state index contributed by atoms with van der Waals surface area (Å²) in [4.78, 5) is 0. The van der Waals surface area contributed by atoms with Crippen molar-refractivity contribution in [3.63, 3.8) is 0 Å². The van der Waals surface area contributed by atoms with Crippen LogP contribution in [0.1, 0.15) is 20.8 Å². The van der Waals surface area contributed by atoms with E-state index in [1.807, 2.05) is 0 Å². The van der Waals surface area contributed by atoms with Gasteiger partial charge < -0.3 is 4.74 Å². The number of hydrogen-bond donors (Lipinski definition) is 0. The topological polar surface area (TPSA) is 9.23 Å². The van der Waals surface area contributed by atoms with E-state index in [4.69, 9.17) is 4.74 Å². The zero-order valence-electron chi connectivity index (χ0n) is 7.29. The zero-order valence-corrected chi connectivity index (χ0v) is 7.29. The van der Waals surface area contributed by atoms with Crippen LogP contribution >= 0.6 is 0 Å². The van der Waals surface area contributed by atoms with E-state index in [9.17, 15) is 0 Å². The summed E-state index contributed by atoms with van der Waals surface area (Å²) in [6, 6.07) is 0. The molecule has 1 heteroatoms. The van der Waals surface area contributed by atoms with Crippen molar-refractivity contribution in [2.45, 2.75) is 33.0 Å². The summed E-state index contributed by atoms with van der Waals surface area (Å²) in [6.07, 6.45) is 4.94. The van der Waals surface area contributed by atoms with E-state index in [1.165, 1.54) is 11.1 Å². The van der Waals surface area contributed by atoms with Gasteiger partial charge in [-0.3, -0.25) is 0 Å². The van der Waals surface area contributed by atoms with Crippen LogP contribution in [-0.4, -0.2) is 12.2 Å². The standard InChI is InChI=1S/C10H14O/c1-6(2)10-7(3)8-4-5-9(10)11-8/h4-6,8-9H,1-3H3. The quantitative estimate of drug-likeness (QED) is 0.521. The van der Waals surface area contributed by atoms with Crippen molar-refractivity contribution in [2.75, 3.05) is 0 Å². The fourth-order valence-corrected chi connectivity index (χ4v) is 2.05.